The molecule has 3 aromatic rings. The summed E-state index contributed by atoms with van der Waals surface area (Å²) in [7, 11) is 0. The maximum absolute atomic E-state index is 12.4. The molecule has 0 spiro atoms. The van der Waals surface area contributed by atoms with Crippen LogP contribution in [0.3, 0.4) is 0 Å². The normalized spacial score (nSPS) is 15.9. The van der Waals surface area contributed by atoms with Crippen LogP contribution in [-0.4, -0.2) is 17.5 Å². The zero-order valence-electron chi connectivity index (χ0n) is 14.8. The van der Waals surface area contributed by atoms with Gasteiger partial charge < -0.3 is 10.1 Å². The molecule has 1 aromatic carbocycles. The van der Waals surface area contributed by atoms with Crippen molar-refractivity contribution in [3.63, 3.8) is 0 Å². The predicted molar refractivity (Wildman–Crippen MR) is 110 cm³/mol. The zero-order valence-corrected chi connectivity index (χ0v) is 16.4. The maximum atomic E-state index is 12.4. The topological polar surface area (TPSA) is 51.2 Å². The van der Waals surface area contributed by atoms with Gasteiger partial charge in [0.1, 0.15) is 6.10 Å². The highest BCUT2D eigenvalue weighted by Gasteiger charge is 2.24. The van der Waals surface area contributed by atoms with Crippen LogP contribution >= 0.6 is 23.1 Å². The molecule has 1 aliphatic rings. The van der Waals surface area contributed by atoms with Crippen molar-refractivity contribution in [1.82, 2.24) is 4.98 Å². The Balaban J connectivity index is 1.30. The number of aromatic nitrogens is 1. The Morgan fingerprint density at radius 3 is 2.96 bits per heavy atom. The summed E-state index contributed by atoms with van der Waals surface area (Å²) in [5, 5.41) is 5.06. The number of thioether (sulfide) groups is 1. The molecule has 0 radical (unpaired) electrons. The van der Waals surface area contributed by atoms with Gasteiger partial charge in [0.05, 0.1) is 13.0 Å². The van der Waals surface area contributed by atoms with Crippen molar-refractivity contribution in [2.45, 2.75) is 29.6 Å². The number of hydrogen-bond donors (Lipinski definition) is 1. The summed E-state index contributed by atoms with van der Waals surface area (Å²) in [6, 6.07) is 14.1. The van der Waals surface area contributed by atoms with Crippen molar-refractivity contribution in [2.24, 2.45) is 0 Å². The fraction of sp³-hybridized carbons (Fsp3) is 0.238. The van der Waals surface area contributed by atoms with Gasteiger partial charge in [-0.05, 0) is 59.3 Å². The first-order valence-corrected chi connectivity index (χ1v) is 10.7. The first-order chi connectivity index (χ1) is 13.3. The lowest BCUT2D eigenvalue weighted by atomic mass is 10.1. The molecule has 6 heteroatoms. The monoisotopic (exact) mass is 396 g/mol. The Labute approximate surface area is 167 Å². The van der Waals surface area contributed by atoms with Gasteiger partial charge >= 0.3 is 0 Å². The molecule has 0 aliphatic carbocycles. The smallest absolute Gasteiger partial charge is 0.227 e. The second-order valence-corrected chi connectivity index (χ2v) is 8.34. The molecule has 138 valence electrons. The minimum Gasteiger partial charge on any atom is -0.372 e. The molecule has 0 saturated carbocycles. The van der Waals surface area contributed by atoms with Gasteiger partial charge in [0.2, 0.25) is 5.91 Å². The third kappa shape index (κ3) is 4.77. The molecule has 3 heterocycles. The Hall–Kier alpha value is -2.15. The van der Waals surface area contributed by atoms with Crippen molar-refractivity contribution in [3.8, 4) is 0 Å². The van der Waals surface area contributed by atoms with Gasteiger partial charge in [-0.1, -0.05) is 6.07 Å². The number of amides is 1. The summed E-state index contributed by atoms with van der Waals surface area (Å²) in [6.45, 7) is 0.685. The Morgan fingerprint density at radius 2 is 2.15 bits per heavy atom. The van der Waals surface area contributed by atoms with Crippen LogP contribution < -0.4 is 5.32 Å². The van der Waals surface area contributed by atoms with E-state index in [9.17, 15) is 4.79 Å². The van der Waals surface area contributed by atoms with Crippen LogP contribution in [0.2, 0.25) is 0 Å². The SMILES string of the molecule is O=C(CC1OCCc2ccsc21)Nc1ccc(SCc2cccnc2)cc1. The number of nitrogens with one attached hydrogen (secondary N) is 1. The van der Waals surface area contributed by atoms with E-state index in [0.717, 1.165) is 22.8 Å². The zero-order chi connectivity index (χ0) is 18.5. The number of benzene rings is 1. The lowest BCUT2D eigenvalue weighted by Gasteiger charge is -2.22. The summed E-state index contributed by atoms with van der Waals surface area (Å²) in [6.07, 6.45) is 4.83. The molecule has 1 N–H and O–H groups in total. The summed E-state index contributed by atoms with van der Waals surface area (Å²) in [5.41, 5.74) is 3.33. The van der Waals surface area contributed by atoms with E-state index in [1.165, 1.54) is 16.0 Å². The van der Waals surface area contributed by atoms with Crippen LogP contribution in [0.5, 0.6) is 0 Å². The first kappa shape index (κ1) is 18.2. The Kier molecular flexibility index (Phi) is 5.87. The third-order valence-corrected chi connectivity index (χ3v) is 6.54. The molecule has 1 unspecified atom stereocenters. The van der Waals surface area contributed by atoms with E-state index in [2.05, 4.69) is 27.8 Å². The molecule has 1 amide bonds. The number of rotatable bonds is 6. The van der Waals surface area contributed by atoms with Gasteiger partial charge in [0.15, 0.2) is 0 Å². The molecule has 2 aromatic heterocycles. The number of carbonyl (C=O) groups is 1. The lowest BCUT2D eigenvalue weighted by molar-refractivity contribution is -0.119. The van der Waals surface area contributed by atoms with Gasteiger partial charge in [-0.25, -0.2) is 0 Å². The van der Waals surface area contributed by atoms with Crippen molar-refractivity contribution >= 4 is 34.7 Å². The fourth-order valence-corrected chi connectivity index (χ4v) is 4.88. The highest BCUT2D eigenvalue weighted by Crippen LogP contribution is 2.34. The van der Waals surface area contributed by atoms with E-state index in [-0.39, 0.29) is 12.0 Å². The summed E-state index contributed by atoms with van der Waals surface area (Å²) < 4.78 is 5.81. The van der Waals surface area contributed by atoms with Crippen LogP contribution in [0.4, 0.5) is 5.69 Å². The van der Waals surface area contributed by atoms with Crippen LogP contribution in [-0.2, 0) is 21.7 Å². The van der Waals surface area contributed by atoms with Crippen molar-refractivity contribution < 1.29 is 9.53 Å². The first-order valence-electron chi connectivity index (χ1n) is 8.87. The molecule has 0 bridgehead atoms. The highest BCUT2D eigenvalue weighted by molar-refractivity contribution is 7.98. The van der Waals surface area contributed by atoms with E-state index in [1.807, 2.05) is 36.5 Å². The minimum atomic E-state index is -0.122. The predicted octanol–water partition coefficient (Wildman–Crippen LogP) is 5.08. The van der Waals surface area contributed by atoms with Crippen LogP contribution in [0.1, 0.15) is 28.5 Å². The number of ether oxygens (including phenoxy) is 1. The molecule has 4 rings (SSSR count). The minimum absolute atomic E-state index is 0.0167. The molecule has 4 nitrogen and oxygen atoms in total. The Morgan fingerprint density at radius 1 is 1.26 bits per heavy atom. The average Bonchev–Trinajstić information content (AvgIpc) is 3.18. The maximum Gasteiger partial charge on any atom is 0.227 e. The van der Waals surface area contributed by atoms with Gasteiger partial charge in [0.25, 0.3) is 0 Å². The molecule has 0 saturated heterocycles. The summed E-state index contributed by atoms with van der Waals surface area (Å²) >= 11 is 3.43. The van der Waals surface area contributed by atoms with Crippen LogP contribution in [0.25, 0.3) is 0 Å². The van der Waals surface area contributed by atoms with Crippen molar-refractivity contribution in [3.05, 3.63) is 76.2 Å². The molecule has 27 heavy (non-hydrogen) atoms. The molecular formula is C21H20N2O2S2. The molecular weight excluding hydrogens is 376 g/mol. The largest absolute Gasteiger partial charge is 0.372 e. The van der Waals surface area contributed by atoms with Gasteiger partial charge in [-0.3, -0.25) is 9.78 Å². The highest BCUT2D eigenvalue weighted by atomic mass is 32.2. The van der Waals surface area contributed by atoms with E-state index in [4.69, 9.17) is 4.74 Å². The fourth-order valence-electron chi connectivity index (χ4n) is 3.04. The number of anilines is 1. The van der Waals surface area contributed by atoms with E-state index in [1.54, 1.807) is 29.3 Å². The van der Waals surface area contributed by atoms with Gasteiger partial charge in [-0.15, -0.1) is 23.1 Å². The second kappa shape index (κ2) is 8.69. The van der Waals surface area contributed by atoms with Crippen molar-refractivity contribution in [1.29, 1.82) is 0 Å². The van der Waals surface area contributed by atoms with E-state index < -0.39 is 0 Å². The number of pyridine rings is 1. The summed E-state index contributed by atoms with van der Waals surface area (Å²) in [4.78, 5) is 18.9. The second-order valence-electron chi connectivity index (χ2n) is 6.35. The van der Waals surface area contributed by atoms with E-state index >= 15 is 0 Å². The number of thiophene rings is 1. The molecule has 1 atom stereocenters. The number of carbonyl (C=O) groups excluding carboxylic acids is 1. The third-order valence-electron chi connectivity index (χ3n) is 4.40. The average molecular weight is 397 g/mol. The van der Waals surface area contributed by atoms with Gasteiger partial charge in [-0.2, -0.15) is 0 Å². The van der Waals surface area contributed by atoms with Crippen molar-refractivity contribution in [2.75, 3.05) is 11.9 Å². The molecule has 0 fully saturated rings. The standard InChI is InChI=1S/C21H20N2O2S2/c24-20(12-19-21-16(7-10-25-19)8-11-26-21)23-17-3-5-18(6-4-17)27-14-15-2-1-9-22-13-15/h1-6,8-9,11,13,19H,7,10,12,14H2,(H,23,24). The lowest BCUT2D eigenvalue weighted by Crippen LogP contribution is -2.21. The van der Waals surface area contributed by atoms with E-state index in [0.29, 0.717) is 13.0 Å². The number of hydrogen-bond acceptors (Lipinski definition) is 5. The van der Waals surface area contributed by atoms with Crippen LogP contribution in [0, 0.1) is 0 Å². The quantitative estimate of drug-likeness (QED) is 0.591. The Bertz CT molecular complexity index is 894. The number of fused-ring (bicyclic) bond motifs is 1. The molecule has 1 aliphatic heterocycles. The number of nitrogens with zero attached hydrogens (tertiary/aromatic N) is 1. The van der Waals surface area contributed by atoms with Crippen LogP contribution in [0.15, 0.2) is 65.1 Å². The summed E-state index contributed by atoms with van der Waals surface area (Å²) in [5.74, 6) is 0.860. The van der Waals surface area contributed by atoms with Gasteiger partial charge in [0, 0.05) is 33.6 Å².